The van der Waals surface area contributed by atoms with Gasteiger partial charge in [0, 0.05) is 32.1 Å². The van der Waals surface area contributed by atoms with Crippen LogP contribution in [0.1, 0.15) is 116 Å². The lowest BCUT2D eigenvalue weighted by molar-refractivity contribution is -0.135. The number of alkyl halides is 1. The summed E-state index contributed by atoms with van der Waals surface area (Å²) in [5.41, 5.74) is 0.251. The first-order valence-corrected chi connectivity index (χ1v) is 17.6. The maximum absolute atomic E-state index is 15.7. The van der Waals surface area contributed by atoms with Crippen LogP contribution < -0.4 is 15.4 Å². The first-order chi connectivity index (χ1) is 22.7. The van der Waals surface area contributed by atoms with Gasteiger partial charge in [0.2, 0.25) is 5.91 Å². The monoisotopic (exact) mass is 666 g/mol. The fraction of sp³-hybridized carbons (Fsp3) is 0.600. The molecule has 1 amide bonds. The number of carbonyl (C=O) groups excluding carboxylic acids is 3. The van der Waals surface area contributed by atoms with E-state index in [9.17, 15) is 9.59 Å². The molecule has 2 aromatic rings. The molecule has 1 heterocycles. The highest BCUT2D eigenvalue weighted by molar-refractivity contribution is 5.89. The number of rotatable bonds is 9. The summed E-state index contributed by atoms with van der Waals surface area (Å²) in [5.74, 6) is 1.51. The van der Waals surface area contributed by atoms with Crippen LogP contribution in [0.15, 0.2) is 43.0 Å². The first-order valence-electron chi connectivity index (χ1n) is 17.6. The van der Waals surface area contributed by atoms with Gasteiger partial charge in [0.05, 0.1) is 11.5 Å². The third-order valence-corrected chi connectivity index (χ3v) is 9.88. The molecule has 3 fully saturated rings. The van der Waals surface area contributed by atoms with Crippen LogP contribution in [0, 0.1) is 17.2 Å². The lowest BCUT2D eigenvalue weighted by atomic mass is 9.74. The van der Waals surface area contributed by atoms with Crippen molar-refractivity contribution in [2.24, 2.45) is 11.3 Å². The Morgan fingerprint density at radius 2 is 1.75 bits per heavy atom. The summed E-state index contributed by atoms with van der Waals surface area (Å²) >= 11 is 0. The fourth-order valence-corrected chi connectivity index (χ4v) is 7.19. The summed E-state index contributed by atoms with van der Waals surface area (Å²) in [4.78, 5) is 34.5. The Morgan fingerprint density at radius 3 is 2.33 bits per heavy atom. The number of Topliss-reactive ketones (excluding diaryl/α,β-unsaturated/α-hetero) is 1. The van der Waals surface area contributed by atoms with Gasteiger partial charge >= 0.3 is 0 Å². The van der Waals surface area contributed by atoms with E-state index in [1.54, 1.807) is 13.1 Å². The quantitative estimate of drug-likeness (QED) is 0.263. The van der Waals surface area contributed by atoms with Gasteiger partial charge < -0.3 is 15.4 Å². The highest BCUT2D eigenvalue weighted by Gasteiger charge is 2.46. The number of carbonyl (C=O) groups is 2. The molecule has 264 valence electrons. The summed E-state index contributed by atoms with van der Waals surface area (Å²) in [6.07, 6.45) is 6.81. The van der Waals surface area contributed by atoms with E-state index < -0.39 is 11.1 Å². The van der Waals surface area contributed by atoms with Crippen LogP contribution in [0.3, 0.4) is 0 Å². The molecule has 6 nitrogen and oxygen atoms in total. The van der Waals surface area contributed by atoms with Crippen molar-refractivity contribution < 1.29 is 27.9 Å². The fourth-order valence-electron chi connectivity index (χ4n) is 7.19. The smallest absolute Gasteiger partial charge is 0.229 e. The zero-order chi connectivity index (χ0) is 35.7. The highest BCUT2D eigenvalue weighted by atomic mass is 19.1. The van der Waals surface area contributed by atoms with Crippen LogP contribution in [0.4, 0.5) is 8.78 Å². The standard InChI is InChI=1S/C35H46F2N2O3.C3H8.C2H2O/c1-33(2)19-35(37,21-39-20-33)30(40)17-22-12-14-25(16-22)42-29-15-13-24(34(3,4)32(41)38-5)18-27(29)26-10-7-11-28(36)31(26)23-8-6-9-23;1-3-2;1-2-3/h7,10-11,13,15,18,22-23,25,39H,6,8-9,12,14,16-17,19-21H2,1-5H3,(H,38,41);3H2,1-2H3;1H2/t22-,25-,35+;;/m1../s1. The van der Waals surface area contributed by atoms with Gasteiger partial charge in [0.25, 0.3) is 0 Å². The van der Waals surface area contributed by atoms with E-state index in [0.717, 1.165) is 54.4 Å². The average Bonchev–Trinajstić information content (AvgIpc) is 3.43. The number of ether oxygens (including phenoxy) is 1. The summed E-state index contributed by atoms with van der Waals surface area (Å²) in [5, 5.41) is 5.87. The van der Waals surface area contributed by atoms with Crippen molar-refractivity contribution in [2.75, 3.05) is 20.1 Å². The lowest BCUT2D eigenvalue weighted by Gasteiger charge is -2.39. The molecule has 0 bridgehead atoms. The number of halogens is 2. The van der Waals surface area contributed by atoms with Crippen molar-refractivity contribution in [3.8, 4) is 16.9 Å². The Balaban J connectivity index is 0.000000969. The minimum Gasteiger partial charge on any atom is -0.490 e. The third-order valence-electron chi connectivity index (χ3n) is 9.88. The second-order valence-electron chi connectivity index (χ2n) is 15.1. The predicted octanol–water partition coefficient (Wildman–Crippen LogP) is 8.44. The van der Waals surface area contributed by atoms with Gasteiger partial charge in [-0.15, -0.1) is 0 Å². The number of nitrogens with one attached hydrogen (secondary N) is 2. The number of amides is 1. The van der Waals surface area contributed by atoms with Crippen molar-refractivity contribution >= 4 is 17.6 Å². The third kappa shape index (κ3) is 9.41. The van der Waals surface area contributed by atoms with Gasteiger partial charge in [-0.05, 0) is 111 Å². The maximum atomic E-state index is 15.7. The maximum Gasteiger partial charge on any atom is 0.229 e. The Bertz CT molecular complexity index is 1440. The van der Waals surface area contributed by atoms with Gasteiger partial charge in [0.1, 0.15) is 17.5 Å². The molecule has 0 radical (unpaired) electrons. The van der Waals surface area contributed by atoms with E-state index in [-0.39, 0.29) is 60.2 Å². The molecule has 0 spiro atoms. The summed E-state index contributed by atoms with van der Waals surface area (Å²) in [7, 11) is 1.63. The summed E-state index contributed by atoms with van der Waals surface area (Å²) in [6, 6.07) is 11.0. The Labute approximate surface area is 286 Å². The molecule has 8 heteroatoms. The molecule has 3 aliphatic rings. The van der Waals surface area contributed by atoms with Gasteiger partial charge in [-0.3, -0.25) is 9.59 Å². The average molecular weight is 667 g/mol. The highest BCUT2D eigenvalue weighted by Crippen LogP contribution is 2.46. The Hall–Kier alpha value is -3.35. The number of ketones is 1. The molecular formula is C40H56F2N2O4. The van der Waals surface area contributed by atoms with E-state index in [1.165, 1.54) is 18.4 Å². The van der Waals surface area contributed by atoms with E-state index in [4.69, 9.17) is 9.53 Å². The topological polar surface area (TPSA) is 84.5 Å². The number of benzene rings is 2. The number of hydrogen-bond donors (Lipinski definition) is 2. The van der Waals surface area contributed by atoms with E-state index in [0.29, 0.717) is 18.7 Å². The van der Waals surface area contributed by atoms with Gasteiger partial charge in [-0.2, -0.15) is 0 Å². The molecule has 0 aromatic heterocycles. The van der Waals surface area contributed by atoms with Crippen LogP contribution >= 0.6 is 0 Å². The summed E-state index contributed by atoms with van der Waals surface area (Å²) in [6.45, 7) is 15.5. The normalized spacial score (nSPS) is 23.3. The van der Waals surface area contributed by atoms with E-state index in [1.807, 2.05) is 52.0 Å². The summed E-state index contributed by atoms with van der Waals surface area (Å²) < 4.78 is 37.6. The van der Waals surface area contributed by atoms with Crippen molar-refractivity contribution in [3.05, 3.63) is 59.9 Å². The van der Waals surface area contributed by atoms with Crippen LogP contribution in [-0.2, 0) is 19.8 Å². The minimum absolute atomic E-state index is 0.0646. The lowest BCUT2D eigenvalue weighted by Crippen LogP contribution is -2.54. The molecule has 5 rings (SSSR count). The SMILES string of the molecule is C=C=O.CCC.CNC(=O)C(C)(C)c1ccc(O[C@@H]2CC[C@@H](CC(=O)[C@@]3(F)CNCC(C)(C)C3)C2)c(-c2cccc(F)c2C2CCC2)c1. The molecule has 2 N–H and O–H groups in total. The number of piperidine rings is 1. The first kappa shape index (κ1) is 39.1. The molecule has 2 aliphatic carbocycles. The molecule has 1 aliphatic heterocycles. The van der Waals surface area contributed by atoms with E-state index >= 15 is 8.78 Å². The Kier molecular flexibility index (Phi) is 13.7. The van der Waals surface area contributed by atoms with Crippen molar-refractivity contribution in [3.63, 3.8) is 0 Å². The zero-order valence-electron chi connectivity index (χ0n) is 30.1. The second kappa shape index (κ2) is 16.8. The van der Waals surface area contributed by atoms with Gasteiger partial charge in [-0.1, -0.05) is 58.7 Å². The predicted molar refractivity (Wildman–Crippen MR) is 189 cm³/mol. The molecule has 2 saturated carbocycles. The van der Waals surface area contributed by atoms with Gasteiger partial charge in [0.15, 0.2) is 11.5 Å². The van der Waals surface area contributed by atoms with Crippen LogP contribution in [0.2, 0.25) is 0 Å². The Morgan fingerprint density at radius 1 is 1.08 bits per heavy atom. The minimum atomic E-state index is -1.82. The molecule has 48 heavy (non-hydrogen) atoms. The molecule has 3 atom stereocenters. The largest absolute Gasteiger partial charge is 0.490 e. The van der Waals surface area contributed by atoms with Crippen molar-refractivity contribution in [1.29, 1.82) is 0 Å². The van der Waals surface area contributed by atoms with E-state index in [2.05, 4.69) is 31.1 Å². The number of hydrogen-bond acceptors (Lipinski definition) is 5. The number of likely N-dealkylation sites (N-methyl/N-ethyl adjacent to an activating group) is 1. The van der Waals surface area contributed by atoms with Crippen LogP contribution in [-0.4, -0.2) is 49.5 Å². The van der Waals surface area contributed by atoms with Crippen molar-refractivity contribution in [1.82, 2.24) is 10.6 Å². The zero-order valence-corrected chi connectivity index (χ0v) is 30.1. The van der Waals surface area contributed by atoms with Gasteiger partial charge in [-0.25, -0.2) is 13.6 Å². The van der Waals surface area contributed by atoms with Crippen molar-refractivity contribution in [2.45, 2.75) is 122 Å². The molecule has 2 aromatic carbocycles. The molecule has 1 saturated heterocycles. The van der Waals surface area contributed by atoms with Crippen LogP contribution in [0.25, 0.3) is 11.1 Å². The molecular weight excluding hydrogens is 610 g/mol. The second-order valence-corrected chi connectivity index (χ2v) is 15.1. The molecule has 0 unspecified atom stereocenters. The van der Waals surface area contributed by atoms with Crippen LogP contribution in [0.5, 0.6) is 5.75 Å².